The van der Waals surface area contributed by atoms with Crippen LogP contribution in [-0.4, -0.2) is 53.1 Å². The molecule has 2 saturated heterocycles. The van der Waals surface area contributed by atoms with Crippen LogP contribution < -0.4 is 0 Å². The van der Waals surface area contributed by atoms with Gasteiger partial charge in [-0.15, -0.1) is 0 Å². The molecule has 0 aliphatic carbocycles. The van der Waals surface area contributed by atoms with E-state index in [0.29, 0.717) is 0 Å². The molecule has 6 nitrogen and oxygen atoms in total. The van der Waals surface area contributed by atoms with E-state index in [4.69, 9.17) is 18.9 Å². The Kier molecular flexibility index (Phi) is 4.73. The third-order valence-electron chi connectivity index (χ3n) is 3.87. The van der Waals surface area contributed by atoms with E-state index in [-0.39, 0.29) is 6.61 Å². The molecule has 0 bridgehead atoms. The number of benzene rings is 1. The van der Waals surface area contributed by atoms with Crippen LogP contribution in [0.25, 0.3) is 0 Å². The maximum atomic E-state index is 10.4. The number of fused-ring (bicyclic) bond motifs is 1. The van der Waals surface area contributed by atoms with E-state index < -0.39 is 42.6 Å². The summed E-state index contributed by atoms with van der Waals surface area (Å²) in [5.74, 6) is 0. The van der Waals surface area contributed by atoms with Gasteiger partial charge in [-0.2, -0.15) is 0 Å². The summed E-state index contributed by atoms with van der Waals surface area (Å²) in [7, 11) is 0. The Balaban J connectivity index is 1.70. The molecule has 128 valence electrons. The van der Waals surface area contributed by atoms with Gasteiger partial charge in [0, 0.05) is 5.56 Å². The lowest BCUT2D eigenvalue weighted by molar-refractivity contribution is -0.371. The minimum absolute atomic E-state index is 0.262. The molecule has 23 heavy (non-hydrogen) atoms. The summed E-state index contributed by atoms with van der Waals surface area (Å²) in [6, 6.07) is 9.48. The van der Waals surface area contributed by atoms with Gasteiger partial charge in [-0.3, -0.25) is 0 Å². The van der Waals surface area contributed by atoms with Gasteiger partial charge in [-0.25, -0.2) is 0 Å². The fraction of sp³-hybridized carbons (Fsp3) is 0.647. The zero-order valence-corrected chi connectivity index (χ0v) is 13.6. The van der Waals surface area contributed by atoms with E-state index in [0.717, 1.165) is 5.56 Å². The lowest BCUT2D eigenvalue weighted by Crippen LogP contribution is -2.63. The van der Waals surface area contributed by atoms with Crippen molar-refractivity contribution in [2.75, 3.05) is 6.61 Å². The second-order valence-corrected chi connectivity index (χ2v) is 6.93. The third kappa shape index (κ3) is 3.74. The molecule has 2 aliphatic rings. The number of hydrogen-bond acceptors (Lipinski definition) is 6. The van der Waals surface area contributed by atoms with Crippen molar-refractivity contribution in [1.29, 1.82) is 0 Å². The molecule has 0 radical (unpaired) electrons. The van der Waals surface area contributed by atoms with Crippen LogP contribution in [-0.2, 0) is 18.9 Å². The van der Waals surface area contributed by atoms with Crippen LogP contribution in [0.3, 0.4) is 0 Å². The second kappa shape index (κ2) is 6.47. The Hall–Kier alpha value is -1.02. The first-order chi connectivity index (χ1) is 10.8. The van der Waals surface area contributed by atoms with Gasteiger partial charge in [0.2, 0.25) is 0 Å². The first kappa shape index (κ1) is 16.8. The summed E-state index contributed by atoms with van der Waals surface area (Å²) >= 11 is 0. The van der Waals surface area contributed by atoms with Crippen molar-refractivity contribution >= 4 is 0 Å². The van der Waals surface area contributed by atoms with E-state index in [2.05, 4.69) is 0 Å². The van der Waals surface area contributed by atoms with Gasteiger partial charge in [-0.05, 0) is 20.8 Å². The molecule has 1 aromatic carbocycles. The predicted octanol–water partition coefficient (Wildman–Crippen LogP) is 1.36. The quantitative estimate of drug-likeness (QED) is 0.855. The highest BCUT2D eigenvalue weighted by Crippen LogP contribution is 2.35. The predicted molar refractivity (Wildman–Crippen MR) is 81.5 cm³/mol. The van der Waals surface area contributed by atoms with Crippen LogP contribution in [0.2, 0.25) is 0 Å². The van der Waals surface area contributed by atoms with Crippen molar-refractivity contribution in [2.24, 2.45) is 0 Å². The number of hydrogen-bond donors (Lipinski definition) is 2. The molecule has 0 saturated carbocycles. The van der Waals surface area contributed by atoms with Crippen LogP contribution in [0, 0.1) is 0 Å². The first-order valence-electron chi connectivity index (χ1n) is 7.86. The highest BCUT2D eigenvalue weighted by atomic mass is 16.8. The van der Waals surface area contributed by atoms with Crippen molar-refractivity contribution in [3.8, 4) is 0 Å². The van der Waals surface area contributed by atoms with Crippen molar-refractivity contribution in [1.82, 2.24) is 0 Å². The molecule has 0 spiro atoms. The number of aliphatic hydroxyl groups is 2. The number of aliphatic hydroxyl groups excluding tert-OH is 2. The molecule has 6 heteroatoms. The summed E-state index contributed by atoms with van der Waals surface area (Å²) in [6.07, 6.45) is -4.92. The van der Waals surface area contributed by atoms with E-state index >= 15 is 0 Å². The zero-order valence-electron chi connectivity index (χ0n) is 13.6. The maximum Gasteiger partial charge on any atom is 0.187 e. The minimum Gasteiger partial charge on any atom is -0.387 e. The summed E-state index contributed by atoms with van der Waals surface area (Å²) in [5.41, 5.74) is 0.363. The van der Waals surface area contributed by atoms with E-state index in [9.17, 15) is 10.2 Å². The average molecular weight is 324 g/mol. The largest absolute Gasteiger partial charge is 0.387 e. The highest BCUT2D eigenvalue weighted by Gasteiger charge is 2.50. The Morgan fingerprint density at radius 1 is 1.04 bits per heavy atom. The molecule has 0 amide bonds. The number of ether oxygens (including phenoxy) is 4. The van der Waals surface area contributed by atoms with Gasteiger partial charge in [0.05, 0.1) is 12.2 Å². The van der Waals surface area contributed by atoms with Crippen molar-refractivity contribution in [2.45, 2.75) is 63.4 Å². The molecule has 6 atom stereocenters. The molecular formula is C17H24O6. The highest BCUT2D eigenvalue weighted by molar-refractivity contribution is 5.16. The molecule has 1 unspecified atom stereocenters. The van der Waals surface area contributed by atoms with E-state index in [1.54, 1.807) is 0 Å². The summed E-state index contributed by atoms with van der Waals surface area (Å²) in [5, 5.41) is 20.7. The van der Waals surface area contributed by atoms with Crippen LogP contribution >= 0.6 is 0 Å². The topological polar surface area (TPSA) is 77.4 Å². The summed E-state index contributed by atoms with van der Waals surface area (Å²) < 4.78 is 23.0. The Morgan fingerprint density at radius 3 is 2.39 bits per heavy atom. The molecule has 2 aliphatic heterocycles. The number of rotatable bonds is 2. The molecule has 3 rings (SSSR count). The lowest BCUT2D eigenvalue weighted by atomic mass is 9.97. The molecule has 0 aromatic heterocycles. The van der Waals surface area contributed by atoms with E-state index in [1.807, 2.05) is 51.1 Å². The van der Waals surface area contributed by atoms with E-state index in [1.165, 1.54) is 0 Å². The second-order valence-electron chi connectivity index (χ2n) is 6.93. The summed E-state index contributed by atoms with van der Waals surface area (Å²) in [4.78, 5) is 0. The van der Waals surface area contributed by atoms with Crippen molar-refractivity contribution in [3.05, 3.63) is 35.9 Å². The standard InChI is InChI=1S/C17H24O6/c1-17(2,3)23-16-13(19)12(18)14-11(21-16)9-20-15(22-14)10-7-5-4-6-8-10/h4-8,11-16,18-19H,9H2,1-3H3/t11-,12-,13-,14-,15?,16-/m1/s1. The Morgan fingerprint density at radius 2 is 1.74 bits per heavy atom. The maximum absolute atomic E-state index is 10.4. The zero-order chi connectivity index (χ0) is 16.6. The monoisotopic (exact) mass is 324 g/mol. The molecule has 2 fully saturated rings. The smallest absolute Gasteiger partial charge is 0.187 e. The summed E-state index contributed by atoms with van der Waals surface area (Å²) in [6.45, 7) is 5.85. The normalized spacial score (nSPS) is 38.1. The van der Waals surface area contributed by atoms with Crippen LogP contribution in [0.1, 0.15) is 32.6 Å². The van der Waals surface area contributed by atoms with Crippen LogP contribution in [0.5, 0.6) is 0 Å². The molecule has 1 aromatic rings. The fourth-order valence-corrected chi connectivity index (χ4v) is 2.80. The van der Waals surface area contributed by atoms with Crippen molar-refractivity contribution < 1.29 is 29.2 Å². The van der Waals surface area contributed by atoms with Gasteiger partial charge >= 0.3 is 0 Å². The van der Waals surface area contributed by atoms with Gasteiger partial charge in [0.15, 0.2) is 12.6 Å². The van der Waals surface area contributed by atoms with Crippen LogP contribution in [0.4, 0.5) is 0 Å². The first-order valence-corrected chi connectivity index (χ1v) is 7.86. The molecule has 2 heterocycles. The van der Waals surface area contributed by atoms with Crippen molar-refractivity contribution in [3.63, 3.8) is 0 Å². The third-order valence-corrected chi connectivity index (χ3v) is 3.87. The molecular weight excluding hydrogens is 300 g/mol. The van der Waals surface area contributed by atoms with Gasteiger partial charge in [0.25, 0.3) is 0 Å². The molecule has 2 N–H and O–H groups in total. The minimum atomic E-state index is -1.18. The average Bonchev–Trinajstić information content (AvgIpc) is 2.52. The Labute approximate surface area is 135 Å². The lowest BCUT2D eigenvalue weighted by Gasteiger charge is -2.47. The van der Waals surface area contributed by atoms with Gasteiger partial charge in [-0.1, -0.05) is 30.3 Å². The fourth-order valence-electron chi connectivity index (χ4n) is 2.80. The Bertz CT molecular complexity index is 512. The SMILES string of the molecule is CC(C)(C)O[C@H]1O[C@@H]2COC(c3ccccc3)O[C@H]2[C@H](O)[C@H]1O. The van der Waals surface area contributed by atoms with Gasteiger partial charge in [0.1, 0.15) is 24.4 Å². The van der Waals surface area contributed by atoms with Gasteiger partial charge < -0.3 is 29.2 Å². The van der Waals surface area contributed by atoms with Crippen LogP contribution in [0.15, 0.2) is 30.3 Å².